The summed E-state index contributed by atoms with van der Waals surface area (Å²) in [7, 11) is 3.96. The molecular formula is C19H21N3O2. The minimum Gasteiger partial charge on any atom is -0.489 e. The zero-order chi connectivity index (χ0) is 17.4. The van der Waals surface area contributed by atoms with Gasteiger partial charge in [0.25, 0.3) is 5.91 Å². The fourth-order valence-corrected chi connectivity index (χ4v) is 2.01. The van der Waals surface area contributed by atoms with E-state index in [2.05, 4.69) is 17.1 Å². The number of nitrogens with zero attached hydrogens (tertiary/aromatic N) is 2. The van der Waals surface area contributed by atoms with Gasteiger partial charge in [0.15, 0.2) is 0 Å². The van der Waals surface area contributed by atoms with Gasteiger partial charge in [-0.25, -0.2) is 5.43 Å². The third-order valence-electron chi connectivity index (χ3n) is 3.28. The molecule has 5 nitrogen and oxygen atoms in total. The van der Waals surface area contributed by atoms with E-state index in [1.54, 1.807) is 30.5 Å². The lowest BCUT2D eigenvalue weighted by Gasteiger charge is -2.11. The van der Waals surface area contributed by atoms with Crippen LogP contribution in [-0.4, -0.2) is 32.8 Å². The fourth-order valence-electron chi connectivity index (χ4n) is 2.01. The Balaban J connectivity index is 2.01. The molecule has 0 atom stereocenters. The molecule has 0 unspecified atom stereocenters. The first-order valence-corrected chi connectivity index (χ1v) is 7.55. The van der Waals surface area contributed by atoms with Crippen molar-refractivity contribution >= 4 is 17.8 Å². The van der Waals surface area contributed by atoms with Crippen LogP contribution in [0.15, 0.2) is 66.3 Å². The van der Waals surface area contributed by atoms with Crippen molar-refractivity contribution in [1.82, 2.24) is 5.43 Å². The quantitative estimate of drug-likeness (QED) is 0.484. The van der Waals surface area contributed by atoms with Crippen LogP contribution in [0.2, 0.25) is 0 Å². The van der Waals surface area contributed by atoms with Crippen molar-refractivity contribution in [3.05, 3.63) is 72.3 Å². The van der Waals surface area contributed by atoms with E-state index in [9.17, 15) is 4.79 Å². The monoisotopic (exact) mass is 323 g/mol. The predicted octanol–water partition coefficient (Wildman–Crippen LogP) is 3.08. The summed E-state index contributed by atoms with van der Waals surface area (Å²) in [6.07, 6.45) is 3.23. The maximum atomic E-state index is 12.2. The van der Waals surface area contributed by atoms with Gasteiger partial charge in [0.05, 0.1) is 11.8 Å². The minimum atomic E-state index is -0.323. The van der Waals surface area contributed by atoms with Gasteiger partial charge in [-0.15, -0.1) is 0 Å². The number of carbonyl (C=O) groups excluding carboxylic acids is 1. The van der Waals surface area contributed by atoms with E-state index in [1.807, 2.05) is 49.3 Å². The van der Waals surface area contributed by atoms with Crippen LogP contribution in [0.1, 0.15) is 15.9 Å². The molecule has 2 aromatic carbocycles. The molecule has 0 fully saturated rings. The van der Waals surface area contributed by atoms with Gasteiger partial charge in [-0.2, -0.15) is 5.10 Å². The van der Waals surface area contributed by atoms with E-state index >= 15 is 0 Å². The van der Waals surface area contributed by atoms with Crippen LogP contribution in [0.3, 0.4) is 0 Å². The Hall–Kier alpha value is -3.08. The van der Waals surface area contributed by atoms with Gasteiger partial charge >= 0.3 is 0 Å². The molecular weight excluding hydrogens is 302 g/mol. The molecule has 0 aliphatic heterocycles. The van der Waals surface area contributed by atoms with Crippen molar-refractivity contribution in [3.63, 3.8) is 0 Å². The molecule has 2 rings (SSSR count). The summed E-state index contributed by atoms with van der Waals surface area (Å²) < 4.78 is 5.47. The van der Waals surface area contributed by atoms with Crippen LogP contribution in [0.5, 0.6) is 5.75 Å². The molecule has 0 aliphatic carbocycles. The fraction of sp³-hybridized carbons (Fsp3) is 0.158. The second-order valence-corrected chi connectivity index (χ2v) is 5.28. The number of anilines is 1. The van der Waals surface area contributed by atoms with Gasteiger partial charge in [-0.05, 0) is 29.8 Å². The number of para-hydroxylation sites is 1. The van der Waals surface area contributed by atoms with Crippen LogP contribution < -0.4 is 15.1 Å². The van der Waals surface area contributed by atoms with E-state index in [4.69, 9.17) is 4.74 Å². The molecule has 0 saturated heterocycles. The maximum absolute atomic E-state index is 12.2. The lowest BCUT2D eigenvalue weighted by molar-refractivity contribution is 0.0951. The first-order chi connectivity index (χ1) is 11.6. The van der Waals surface area contributed by atoms with Crippen molar-refractivity contribution in [2.45, 2.75) is 0 Å². The van der Waals surface area contributed by atoms with Crippen molar-refractivity contribution in [3.8, 4) is 5.75 Å². The summed E-state index contributed by atoms with van der Waals surface area (Å²) in [4.78, 5) is 14.2. The molecule has 0 heterocycles. The van der Waals surface area contributed by atoms with Gasteiger partial charge in [0, 0.05) is 19.8 Å². The highest BCUT2D eigenvalue weighted by atomic mass is 16.5. The summed E-state index contributed by atoms with van der Waals surface area (Å²) in [5.74, 6) is 0.177. The number of hydrogen-bond acceptors (Lipinski definition) is 4. The van der Waals surface area contributed by atoms with Gasteiger partial charge in [-0.3, -0.25) is 4.79 Å². The van der Waals surface area contributed by atoms with E-state index in [0.717, 1.165) is 11.3 Å². The number of hydrogen-bond donors (Lipinski definition) is 1. The topological polar surface area (TPSA) is 53.9 Å². The third kappa shape index (κ3) is 4.71. The molecule has 1 N–H and O–H groups in total. The standard InChI is InChI=1S/C19H21N3O2/c1-4-13-24-18-8-6-5-7-17(18)19(23)21-20-14-15-9-11-16(12-10-15)22(2)3/h4-12,14H,1,13H2,2-3H3,(H,21,23). The van der Waals surface area contributed by atoms with Crippen molar-refractivity contribution < 1.29 is 9.53 Å². The first-order valence-electron chi connectivity index (χ1n) is 7.55. The molecule has 0 aromatic heterocycles. The highest BCUT2D eigenvalue weighted by molar-refractivity contribution is 5.97. The van der Waals surface area contributed by atoms with Gasteiger partial charge in [0.1, 0.15) is 12.4 Å². The number of rotatable bonds is 7. The van der Waals surface area contributed by atoms with E-state index in [0.29, 0.717) is 17.9 Å². The Morgan fingerprint density at radius 2 is 1.92 bits per heavy atom. The molecule has 5 heteroatoms. The molecule has 124 valence electrons. The van der Waals surface area contributed by atoms with E-state index < -0.39 is 0 Å². The molecule has 2 aromatic rings. The largest absolute Gasteiger partial charge is 0.489 e. The van der Waals surface area contributed by atoms with Crippen LogP contribution in [-0.2, 0) is 0 Å². The molecule has 24 heavy (non-hydrogen) atoms. The van der Waals surface area contributed by atoms with Crippen LogP contribution in [0.4, 0.5) is 5.69 Å². The highest BCUT2D eigenvalue weighted by Gasteiger charge is 2.10. The zero-order valence-electron chi connectivity index (χ0n) is 13.9. The summed E-state index contributed by atoms with van der Waals surface area (Å²) in [5, 5.41) is 4.00. The number of amides is 1. The second kappa shape index (κ2) is 8.53. The molecule has 1 amide bonds. The van der Waals surface area contributed by atoms with E-state index in [-0.39, 0.29) is 5.91 Å². The third-order valence-corrected chi connectivity index (χ3v) is 3.28. The van der Waals surface area contributed by atoms with Gasteiger partial charge in [-0.1, -0.05) is 36.9 Å². The van der Waals surface area contributed by atoms with Crippen molar-refractivity contribution in [2.24, 2.45) is 5.10 Å². The lowest BCUT2D eigenvalue weighted by atomic mass is 10.2. The molecule has 0 saturated carbocycles. The molecule has 0 bridgehead atoms. The van der Waals surface area contributed by atoms with Crippen LogP contribution >= 0.6 is 0 Å². The van der Waals surface area contributed by atoms with Gasteiger partial charge in [0.2, 0.25) is 0 Å². The second-order valence-electron chi connectivity index (χ2n) is 5.28. The predicted molar refractivity (Wildman–Crippen MR) is 98.0 cm³/mol. The maximum Gasteiger partial charge on any atom is 0.275 e. The number of carbonyl (C=O) groups is 1. The van der Waals surface area contributed by atoms with Crippen molar-refractivity contribution in [1.29, 1.82) is 0 Å². The Morgan fingerprint density at radius 1 is 1.21 bits per heavy atom. The Labute approximate surface area is 142 Å². The first kappa shape index (κ1) is 17.3. The summed E-state index contributed by atoms with van der Waals surface area (Å²) in [5.41, 5.74) is 4.95. The highest BCUT2D eigenvalue weighted by Crippen LogP contribution is 2.17. The van der Waals surface area contributed by atoms with Crippen LogP contribution in [0, 0.1) is 0 Å². The summed E-state index contributed by atoms with van der Waals surface area (Å²) in [6, 6.07) is 14.9. The SMILES string of the molecule is C=CCOc1ccccc1C(=O)NN=Cc1ccc(N(C)C)cc1. The molecule has 0 radical (unpaired) electrons. The summed E-state index contributed by atoms with van der Waals surface area (Å²) >= 11 is 0. The Bertz CT molecular complexity index is 722. The number of benzene rings is 2. The average molecular weight is 323 g/mol. The molecule has 0 spiro atoms. The number of nitrogens with one attached hydrogen (secondary N) is 1. The Kier molecular flexibility index (Phi) is 6.14. The summed E-state index contributed by atoms with van der Waals surface area (Å²) in [6.45, 7) is 3.94. The Morgan fingerprint density at radius 3 is 2.58 bits per heavy atom. The normalized spacial score (nSPS) is 10.4. The van der Waals surface area contributed by atoms with Gasteiger partial charge < -0.3 is 9.64 Å². The smallest absolute Gasteiger partial charge is 0.275 e. The average Bonchev–Trinajstić information content (AvgIpc) is 2.60. The zero-order valence-corrected chi connectivity index (χ0v) is 13.9. The van der Waals surface area contributed by atoms with Crippen molar-refractivity contribution in [2.75, 3.05) is 25.6 Å². The number of hydrazone groups is 1. The minimum absolute atomic E-state index is 0.323. The van der Waals surface area contributed by atoms with E-state index in [1.165, 1.54) is 0 Å². The number of ether oxygens (including phenoxy) is 1. The lowest BCUT2D eigenvalue weighted by Crippen LogP contribution is -2.18. The molecule has 0 aliphatic rings. The van der Waals surface area contributed by atoms with Crippen LogP contribution in [0.25, 0.3) is 0 Å².